The molecular weight excluding hydrogens is 272 g/mol. The molecule has 2 heterocycles. The van der Waals surface area contributed by atoms with Crippen LogP contribution in [0.5, 0.6) is 0 Å². The molecule has 0 aromatic rings. The van der Waals surface area contributed by atoms with Crippen LogP contribution in [0, 0.1) is 10.8 Å². The van der Waals surface area contributed by atoms with Crippen molar-refractivity contribution in [1.82, 2.24) is 10.2 Å². The zero-order chi connectivity index (χ0) is 15.1. The lowest BCUT2D eigenvalue weighted by molar-refractivity contribution is -0.152. The molecule has 21 heavy (non-hydrogen) atoms. The van der Waals surface area contributed by atoms with Crippen molar-refractivity contribution in [3.63, 3.8) is 0 Å². The number of nitrogens with one attached hydrogen (secondary N) is 1. The third-order valence-electron chi connectivity index (χ3n) is 5.25. The van der Waals surface area contributed by atoms with E-state index in [1.807, 2.05) is 0 Å². The first-order valence-electron chi connectivity index (χ1n) is 7.72. The van der Waals surface area contributed by atoms with Gasteiger partial charge in [0.1, 0.15) is 5.41 Å². The number of carbonyl (C=O) groups excluding carboxylic acids is 3. The van der Waals surface area contributed by atoms with Gasteiger partial charge in [0.05, 0.1) is 0 Å². The summed E-state index contributed by atoms with van der Waals surface area (Å²) in [5.74, 6) is -0.690. The maximum atomic E-state index is 12.8. The van der Waals surface area contributed by atoms with E-state index < -0.39 is 17.4 Å². The molecule has 4 amide bonds. The van der Waals surface area contributed by atoms with Crippen LogP contribution < -0.4 is 5.32 Å². The van der Waals surface area contributed by atoms with Crippen LogP contribution in [0.25, 0.3) is 0 Å². The van der Waals surface area contributed by atoms with E-state index >= 15 is 0 Å². The van der Waals surface area contributed by atoms with E-state index in [-0.39, 0.29) is 11.3 Å². The van der Waals surface area contributed by atoms with Crippen molar-refractivity contribution >= 4 is 17.8 Å². The Morgan fingerprint density at radius 2 is 1.71 bits per heavy atom. The van der Waals surface area contributed by atoms with Crippen molar-refractivity contribution in [3.8, 4) is 0 Å². The molecule has 0 unspecified atom stereocenters. The zero-order valence-corrected chi connectivity index (χ0v) is 12.4. The van der Waals surface area contributed by atoms with Gasteiger partial charge < -0.3 is 4.74 Å². The highest BCUT2D eigenvalue weighted by molar-refractivity contribution is 6.19. The number of rotatable bonds is 2. The highest BCUT2D eigenvalue weighted by Crippen LogP contribution is 2.43. The number of imide groups is 2. The Hall–Kier alpha value is -1.43. The van der Waals surface area contributed by atoms with E-state index in [0.717, 1.165) is 25.7 Å². The van der Waals surface area contributed by atoms with Gasteiger partial charge in [-0.05, 0) is 31.1 Å². The van der Waals surface area contributed by atoms with Gasteiger partial charge in [0.25, 0.3) is 0 Å². The van der Waals surface area contributed by atoms with Crippen molar-refractivity contribution in [1.29, 1.82) is 0 Å². The molecule has 3 fully saturated rings. The summed E-state index contributed by atoms with van der Waals surface area (Å²) in [4.78, 5) is 38.3. The van der Waals surface area contributed by atoms with E-state index in [9.17, 15) is 14.4 Å². The summed E-state index contributed by atoms with van der Waals surface area (Å²) in [6.07, 6.45) is 4.50. The van der Waals surface area contributed by atoms with Crippen molar-refractivity contribution in [2.24, 2.45) is 10.8 Å². The van der Waals surface area contributed by atoms with Gasteiger partial charge in [-0.25, -0.2) is 4.79 Å². The number of hydrogen-bond donors (Lipinski definition) is 1. The predicted octanol–water partition coefficient (Wildman–Crippen LogP) is 1.44. The van der Waals surface area contributed by atoms with Crippen LogP contribution in [0.4, 0.5) is 4.79 Å². The first-order valence-corrected chi connectivity index (χ1v) is 7.72. The SMILES string of the molecule is CC1(CN2C(=O)NC(=O)C3(CCCC3)C2=O)CCOCC1. The van der Waals surface area contributed by atoms with E-state index in [4.69, 9.17) is 4.74 Å². The minimum atomic E-state index is -0.991. The van der Waals surface area contributed by atoms with Crippen molar-refractivity contribution in [3.05, 3.63) is 0 Å². The maximum Gasteiger partial charge on any atom is 0.330 e. The summed E-state index contributed by atoms with van der Waals surface area (Å²) in [6, 6.07) is -0.560. The molecule has 2 aliphatic heterocycles. The van der Waals surface area contributed by atoms with Crippen molar-refractivity contribution < 1.29 is 19.1 Å². The molecule has 6 heteroatoms. The average molecular weight is 294 g/mol. The molecular formula is C15H22N2O4. The highest BCUT2D eigenvalue weighted by Gasteiger charge is 2.55. The molecule has 0 radical (unpaired) electrons. The Labute approximate surface area is 124 Å². The lowest BCUT2D eigenvalue weighted by Crippen LogP contribution is -2.64. The largest absolute Gasteiger partial charge is 0.381 e. The van der Waals surface area contributed by atoms with E-state index in [2.05, 4.69) is 12.2 Å². The molecule has 0 atom stereocenters. The standard InChI is InChI=1S/C15H22N2O4/c1-14(6-8-21-9-7-14)10-17-12(19)15(4-2-3-5-15)11(18)16-13(17)20/h2-10H2,1H3,(H,16,18,20). The van der Waals surface area contributed by atoms with E-state index in [1.165, 1.54) is 4.90 Å². The number of urea groups is 1. The molecule has 116 valence electrons. The van der Waals surface area contributed by atoms with Crippen LogP contribution in [0.15, 0.2) is 0 Å². The zero-order valence-electron chi connectivity index (χ0n) is 12.4. The Morgan fingerprint density at radius 3 is 2.33 bits per heavy atom. The molecule has 1 aliphatic carbocycles. The molecule has 1 saturated carbocycles. The summed E-state index contributed by atoms with van der Waals surface area (Å²) in [6.45, 7) is 3.76. The number of hydrogen-bond acceptors (Lipinski definition) is 4. The first kappa shape index (κ1) is 14.5. The number of nitrogens with zero attached hydrogens (tertiary/aromatic N) is 1. The van der Waals surface area contributed by atoms with Gasteiger partial charge in [0, 0.05) is 19.8 Å². The number of barbiturate groups is 1. The molecule has 3 aliphatic rings. The number of ether oxygens (including phenoxy) is 1. The molecule has 3 rings (SSSR count). The topological polar surface area (TPSA) is 75.7 Å². The fourth-order valence-corrected chi connectivity index (χ4v) is 3.70. The Morgan fingerprint density at radius 1 is 1.10 bits per heavy atom. The number of carbonyl (C=O) groups is 3. The molecule has 1 N–H and O–H groups in total. The lowest BCUT2D eigenvalue weighted by Gasteiger charge is -2.42. The quantitative estimate of drug-likeness (QED) is 0.782. The second-order valence-corrected chi connectivity index (χ2v) is 6.86. The number of amides is 4. The van der Waals surface area contributed by atoms with Crippen LogP contribution in [-0.2, 0) is 14.3 Å². The lowest BCUT2D eigenvalue weighted by atomic mass is 9.78. The maximum absolute atomic E-state index is 12.8. The van der Waals surface area contributed by atoms with Gasteiger partial charge in [-0.1, -0.05) is 19.8 Å². The fraction of sp³-hybridized carbons (Fsp3) is 0.800. The predicted molar refractivity (Wildman–Crippen MR) is 74.3 cm³/mol. The summed E-state index contributed by atoms with van der Waals surface area (Å²) in [5.41, 5.74) is -1.11. The van der Waals surface area contributed by atoms with E-state index in [0.29, 0.717) is 32.6 Å². The highest BCUT2D eigenvalue weighted by atomic mass is 16.5. The Bertz CT molecular complexity index is 476. The normalized spacial score (nSPS) is 28.0. The van der Waals surface area contributed by atoms with Crippen molar-refractivity contribution in [2.45, 2.75) is 45.4 Å². The molecule has 0 aromatic carbocycles. The fourth-order valence-electron chi connectivity index (χ4n) is 3.70. The summed E-state index contributed by atoms with van der Waals surface area (Å²) >= 11 is 0. The molecule has 6 nitrogen and oxygen atoms in total. The third-order valence-corrected chi connectivity index (χ3v) is 5.25. The molecule has 1 spiro atoms. The first-order chi connectivity index (χ1) is 9.97. The van der Waals surface area contributed by atoms with Crippen LogP contribution in [0.2, 0.25) is 0 Å². The minimum absolute atomic E-state index is 0.120. The monoisotopic (exact) mass is 294 g/mol. The molecule has 2 saturated heterocycles. The molecule has 0 aromatic heterocycles. The van der Waals surface area contributed by atoms with Crippen LogP contribution in [0.1, 0.15) is 45.4 Å². The van der Waals surface area contributed by atoms with Gasteiger partial charge in [0.15, 0.2) is 0 Å². The van der Waals surface area contributed by atoms with Gasteiger partial charge in [-0.2, -0.15) is 0 Å². The second-order valence-electron chi connectivity index (χ2n) is 6.86. The van der Waals surface area contributed by atoms with Crippen LogP contribution in [0.3, 0.4) is 0 Å². The summed E-state index contributed by atoms with van der Waals surface area (Å²) < 4.78 is 5.36. The van der Waals surface area contributed by atoms with Crippen molar-refractivity contribution in [2.75, 3.05) is 19.8 Å². The third kappa shape index (κ3) is 2.35. The smallest absolute Gasteiger partial charge is 0.330 e. The average Bonchev–Trinajstić information content (AvgIpc) is 2.94. The van der Waals surface area contributed by atoms with Gasteiger partial charge in [0.2, 0.25) is 11.8 Å². The summed E-state index contributed by atoms with van der Waals surface area (Å²) in [5, 5.41) is 2.40. The Kier molecular flexibility index (Phi) is 3.51. The van der Waals surface area contributed by atoms with Gasteiger partial charge in [-0.3, -0.25) is 19.8 Å². The molecule has 0 bridgehead atoms. The van der Waals surface area contributed by atoms with Crippen LogP contribution in [-0.4, -0.2) is 42.5 Å². The van der Waals surface area contributed by atoms with Gasteiger partial charge in [-0.15, -0.1) is 0 Å². The van der Waals surface area contributed by atoms with Crippen LogP contribution >= 0.6 is 0 Å². The van der Waals surface area contributed by atoms with Gasteiger partial charge >= 0.3 is 6.03 Å². The van der Waals surface area contributed by atoms with E-state index in [1.54, 1.807) is 0 Å². The second kappa shape index (κ2) is 5.09. The minimum Gasteiger partial charge on any atom is -0.381 e. The summed E-state index contributed by atoms with van der Waals surface area (Å²) in [7, 11) is 0. The Balaban J connectivity index is 1.82.